The molecular formula is C13H16FNO2. The molecule has 1 aliphatic rings. The van der Waals surface area contributed by atoms with Gasteiger partial charge in [0.1, 0.15) is 5.82 Å². The fourth-order valence-electron chi connectivity index (χ4n) is 2.30. The van der Waals surface area contributed by atoms with E-state index in [1.807, 2.05) is 6.07 Å². The van der Waals surface area contributed by atoms with Crippen LogP contribution < -0.4 is 4.90 Å². The molecule has 1 aromatic rings. The third-order valence-corrected chi connectivity index (χ3v) is 3.23. The monoisotopic (exact) mass is 237 g/mol. The van der Waals surface area contributed by atoms with Crippen LogP contribution >= 0.6 is 0 Å². The van der Waals surface area contributed by atoms with Gasteiger partial charge in [-0.2, -0.15) is 0 Å². The average molecular weight is 237 g/mol. The normalized spacial score (nSPS) is 19.6. The first-order valence-corrected chi connectivity index (χ1v) is 5.87. The first kappa shape index (κ1) is 11.9. The van der Waals surface area contributed by atoms with E-state index in [2.05, 4.69) is 4.90 Å². The van der Waals surface area contributed by atoms with E-state index in [0.29, 0.717) is 12.3 Å². The highest BCUT2D eigenvalue weighted by Gasteiger charge is 2.23. The van der Waals surface area contributed by atoms with E-state index in [9.17, 15) is 9.18 Å². The van der Waals surface area contributed by atoms with E-state index in [-0.39, 0.29) is 12.2 Å². The Hall–Kier alpha value is -1.58. The van der Waals surface area contributed by atoms with Crippen LogP contribution in [0.2, 0.25) is 0 Å². The third-order valence-electron chi connectivity index (χ3n) is 3.23. The van der Waals surface area contributed by atoms with Crippen LogP contribution in [0, 0.1) is 11.7 Å². The molecule has 0 amide bonds. The molecule has 0 saturated carbocycles. The van der Waals surface area contributed by atoms with Gasteiger partial charge < -0.3 is 10.0 Å². The van der Waals surface area contributed by atoms with Crippen LogP contribution in [0.3, 0.4) is 0 Å². The Morgan fingerprint density at radius 1 is 1.53 bits per heavy atom. The zero-order chi connectivity index (χ0) is 12.3. The summed E-state index contributed by atoms with van der Waals surface area (Å²) in [6.07, 6.45) is 1.92. The van der Waals surface area contributed by atoms with Crippen LogP contribution in [0.1, 0.15) is 19.3 Å². The molecule has 4 heteroatoms. The second kappa shape index (κ2) is 5.17. The summed E-state index contributed by atoms with van der Waals surface area (Å²) in [6.45, 7) is 1.71. The quantitative estimate of drug-likeness (QED) is 0.874. The van der Waals surface area contributed by atoms with E-state index >= 15 is 0 Å². The maximum atomic E-state index is 13.1. The summed E-state index contributed by atoms with van der Waals surface area (Å²) in [5, 5.41) is 8.63. The summed E-state index contributed by atoms with van der Waals surface area (Å²) in [7, 11) is 0. The first-order chi connectivity index (χ1) is 8.15. The molecule has 1 fully saturated rings. The van der Waals surface area contributed by atoms with E-state index < -0.39 is 5.97 Å². The van der Waals surface area contributed by atoms with Crippen LogP contribution in [0.25, 0.3) is 0 Å². The SMILES string of the molecule is O=C(O)CCC1CCN(c2cccc(F)c2)C1. The van der Waals surface area contributed by atoms with E-state index in [1.54, 1.807) is 6.07 Å². The molecule has 0 spiro atoms. The predicted octanol–water partition coefficient (Wildman–Crippen LogP) is 2.52. The molecule has 1 unspecified atom stereocenters. The van der Waals surface area contributed by atoms with Crippen molar-refractivity contribution in [3.63, 3.8) is 0 Å². The van der Waals surface area contributed by atoms with Crippen molar-refractivity contribution in [2.24, 2.45) is 5.92 Å². The Morgan fingerprint density at radius 3 is 3.06 bits per heavy atom. The summed E-state index contributed by atoms with van der Waals surface area (Å²) in [6, 6.07) is 6.55. The number of rotatable bonds is 4. The molecular weight excluding hydrogens is 221 g/mol. The fraction of sp³-hybridized carbons (Fsp3) is 0.462. The van der Waals surface area contributed by atoms with Gasteiger partial charge in [-0.05, 0) is 37.0 Å². The minimum absolute atomic E-state index is 0.224. The highest BCUT2D eigenvalue weighted by atomic mass is 19.1. The first-order valence-electron chi connectivity index (χ1n) is 5.87. The average Bonchev–Trinajstić information content (AvgIpc) is 2.75. The number of anilines is 1. The molecule has 1 aliphatic heterocycles. The second-order valence-electron chi connectivity index (χ2n) is 4.51. The van der Waals surface area contributed by atoms with E-state index in [4.69, 9.17) is 5.11 Å². The number of carboxylic acids is 1. The van der Waals surface area contributed by atoms with Gasteiger partial charge in [0, 0.05) is 25.2 Å². The van der Waals surface area contributed by atoms with Crippen molar-refractivity contribution >= 4 is 11.7 Å². The van der Waals surface area contributed by atoms with Crippen molar-refractivity contribution < 1.29 is 14.3 Å². The minimum Gasteiger partial charge on any atom is -0.481 e. The number of halogens is 1. The van der Waals surface area contributed by atoms with Crippen molar-refractivity contribution in [1.29, 1.82) is 0 Å². The van der Waals surface area contributed by atoms with Crippen LogP contribution in [-0.2, 0) is 4.79 Å². The molecule has 17 heavy (non-hydrogen) atoms. The number of aliphatic carboxylic acids is 1. The van der Waals surface area contributed by atoms with Crippen molar-refractivity contribution in [3.05, 3.63) is 30.1 Å². The molecule has 0 aromatic heterocycles. The molecule has 1 N–H and O–H groups in total. The lowest BCUT2D eigenvalue weighted by Gasteiger charge is -2.18. The van der Waals surface area contributed by atoms with Gasteiger partial charge in [-0.3, -0.25) is 4.79 Å². The molecule has 0 aliphatic carbocycles. The maximum Gasteiger partial charge on any atom is 0.303 e. The summed E-state index contributed by atoms with van der Waals surface area (Å²) in [5.74, 6) is -0.556. The van der Waals surface area contributed by atoms with Gasteiger partial charge in [-0.1, -0.05) is 6.07 Å². The van der Waals surface area contributed by atoms with Crippen LogP contribution in [0.5, 0.6) is 0 Å². The third kappa shape index (κ3) is 3.19. The van der Waals surface area contributed by atoms with E-state index in [1.165, 1.54) is 12.1 Å². The Labute approximate surface area is 99.9 Å². The molecule has 92 valence electrons. The summed E-state index contributed by atoms with van der Waals surface area (Å²) in [4.78, 5) is 12.6. The van der Waals surface area contributed by atoms with Crippen molar-refractivity contribution in [3.8, 4) is 0 Å². The van der Waals surface area contributed by atoms with E-state index in [0.717, 1.165) is 25.2 Å². The second-order valence-corrected chi connectivity index (χ2v) is 4.51. The van der Waals surface area contributed by atoms with Gasteiger partial charge >= 0.3 is 5.97 Å². The molecule has 2 rings (SSSR count). The molecule has 1 heterocycles. The zero-order valence-corrected chi connectivity index (χ0v) is 9.60. The van der Waals surface area contributed by atoms with Crippen molar-refractivity contribution in [2.75, 3.05) is 18.0 Å². The van der Waals surface area contributed by atoms with Gasteiger partial charge in [0.15, 0.2) is 0 Å². The number of nitrogens with zero attached hydrogens (tertiary/aromatic N) is 1. The number of carbonyl (C=O) groups is 1. The Morgan fingerprint density at radius 2 is 2.35 bits per heavy atom. The number of benzene rings is 1. The van der Waals surface area contributed by atoms with Gasteiger partial charge in [-0.15, -0.1) is 0 Å². The lowest BCUT2D eigenvalue weighted by molar-refractivity contribution is -0.137. The summed E-state index contributed by atoms with van der Waals surface area (Å²) < 4.78 is 13.1. The molecule has 1 saturated heterocycles. The summed E-state index contributed by atoms with van der Waals surface area (Å²) in [5.41, 5.74) is 0.892. The predicted molar refractivity (Wildman–Crippen MR) is 63.6 cm³/mol. The topological polar surface area (TPSA) is 40.5 Å². The highest BCUT2D eigenvalue weighted by Crippen LogP contribution is 2.26. The van der Waals surface area contributed by atoms with Crippen LogP contribution in [0.4, 0.5) is 10.1 Å². The summed E-state index contributed by atoms with van der Waals surface area (Å²) >= 11 is 0. The lowest BCUT2D eigenvalue weighted by atomic mass is 10.0. The fourth-order valence-corrected chi connectivity index (χ4v) is 2.30. The zero-order valence-electron chi connectivity index (χ0n) is 9.60. The van der Waals surface area contributed by atoms with Gasteiger partial charge in [0.05, 0.1) is 0 Å². The minimum atomic E-state index is -0.741. The standard InChI is InChI=1S/C13H16FNO2/c14-11-2-1-3-12(8-11)15-7-6-10(9-15)4-5-13(16)17/h1-3,8,10H,4-7,9H2,(H,16,17). The van der Waals surface area contributed by atoms with Gasteiger partial charge in [0.2, 0.25) is 0 Å². The van der Waals surface area contributed by atoms with Crippen LogP contribution in [0.15, 0.2) is 24.3 Å². The van der Waals surface area contributed by atoms with Crippen LogP contribution in [-0.4, -0.2) is 24.2 Å². The Kier molecular flexibility index (Phi) is 3.61. The molecule has 1 aromatic carbocycles. The Balaban J connectivity index is 1.91. The Bertz CT molecular complexity index is 408. The van der Waals surface area contributed by atoms with Gasteiger partial charge in [0.25, 0.3) is 0 Å². The molecule has 0 radical (unpaired) electrons. The molecule has 3 nitrogen and oxygen atoms in total. The van der Waals surface area contributed by atoms with Crippen molar-refractivity contribution in [2.45, 2.75) is 19.3 Å². The number of hydrogen-bond donors (Lipinski definition) is 1. The highest BCUT2D eigenvalue weighted by molar-refractivity contribution is 5.66. The maximum absolute atomic E-state index is 13.1. The number of carboxylic acid groups (broad SMARTS) is 1. The van der Waals surface area contributed by atoms with Gasteiger partial charge in [-0.25, -0.2) is 4.39 Å². The largest absolute Gasteiger partial charge is 0.481 e. The lowest BCUT2D eigenvalue weighted by Crippen LogP contribution is -2.19. The number of hydrogen-bond acceptors (Lipinski definition) is 2. The molecule has 1 atom stereocenters. The molecule has 0 bridgehead atoms. The van der Waals surface area contributed by atoms with Crippen molar-refractivity contribution in [1.82, 2.24) is 0 Å². The smallest absolute Gasteiger partial charge is 0.303 e.